The summed E-state index contributed by atoms with van der Waals surface area (Å²) in [7, 11) is 0. The van der Waals surface area contributed by atoms with Crippen molar-refractivity contribution >= 4 is 11.7 Å². The molecular formula is C15H19N5O. The lowest BCUT2D eigenvalue weighted by Crippen LogP contribution is -2.35. The molecular weight excluding hydrogens is 266 g/mol. The molecule has 0 saturated carbocycles. The third-order valence-electron chi connectivity index (χ3n) is 2.98. The first kappa shape index (κ1) is 16.5. The minimum Gasteiger partial charge on any atom is -0.310 e. The Labute approximate surface area is 125 Å². The van der Waals surface area contributed by atoms with Gasteiger partial charge in [-0.15, -0.1) is 0 Å². The van der Waals surface area contributed by atoms with Gasteiger partial charge in [-0.3, -0.25) is 4.90 Å². The summed E-state index contributed by atoms with van der Waals surface area (Å²) in [6.07, 6.45) is 0. The van der Waals surface area contributed by atoms with Gasteiger partial charge >= 0.3 is 6.03 Å². The molecule has 0 heterocycles. The van der Waals surface area contributed by atoms with Crippen LogP contribution in [0.3, 0.4) is 0 Å². The maximum Gasteiger partial charge on any atom is 0.323 e. The van der Waals surface area contributed by atoms with E-state index in [1.54, 1.807) is 12.1 Å². The summed E-state index contributed by atoms with van der Waals surface area (Å²) in [5.74, 6) is 0. The van der Waals surface area contributed by atoms with Crippen LogP contribution in [0.1, 0.15) is 25.5 Å². The molecule has 0 bridgehead atoms. The maximum absolute atomic E-state index is 11.9. The fourth-order valence-electron chi connectivity index (χ4n) is 1.85. The second-order valence-corrected chi connectivity index (χ2v) is 4.50. The molecule has 1 aromatic rings. The highest BCUT2D eigenvalue weighted by Crippen LogP contribution is 2.16. The number of carbonyl (C=O) groups is 1. The van der Waals surface area contributed by atoms with E-state index in [4.69, 9.17) is 10.5 Å². The van der Waals surface area contributed by atoms with Crippen molar-refractivity contribution in [2.24, 2.45) is 0 Å². The van der Waals surface area contributed by atoms with Crippen molar-refractivity contribution < 1.29 is 4.79 Å². The molecule has 0 aliphatic carbocycles. The lowest BCUT2D eigenvalue weighted by atomic mass is 10.1. The van der Waals surface area contributed by atoms with Crippen LogP contribution in [0.5, 0.6) is 0 Å². The quantitative estimate of drug-likeness (QED) is 0.784. The van der Waals surface area contributed by atoms with E-state index in [0.29, 0.717) is 5.69 Å². The lowest BCUT2D eigenvalue weighted by molar-refractivity contribution is 0.223. The molecule has 1 rings (SSSR count). The summed E-state index contributed by atoms with van der Waals surface area (Å²) >= 11 is 0. The molecule has 0 radical (unpaired) electrons. The van der Waals surface area contributed by atoms with Crippen LogP contribution < -0.4 is 10.6 Å². The topological polar surface area (TPSA) is 91.9 Å². The number of hydrogen-bond donors (Lipinski definition) is 2. The number of benzene rings is 1. The maximum atomic E-state index is 11.9. The van der Waals surface area contributed by atoms with E-state index >= 15 is 0 Å². The van der Waals surface area contributed by atoms with Gasteiger partial charge in [-0.25, -0.2) is 4.79 Å². The summed E-state index contributed by atoms with van der Waals surface area (Å²) in [4.78, 5) is 13.1. The Hall–Kier alpha value is -2.57. The first-order chi connectivity index (χ1) is 10.1. The molecule has 1 unspecified atom stereocenters. The van der Waals surface area contributed by atoms with Crippen molar-refractivity contribution in [3.05, 3.63) is 29.8 Å². The van der Waals surface area contributed by atoms with Gasteiger partial charge in [-0.1, -0.05) is 19.1 Å². The van der Waals surface area contributed by atoms with Gasteiger partial charge in [0, 0.05) is 11.7 Å². The second-order valence-electron chi connectivity index (χ2n) is 4.50. The van der Waals surface area contributed by atoms with Crippen molar-refractivity contribution in [3.8, 4) is 12.1 Å². The van der Waals surface area contributed by atoms with E-state index in [1.807, 2.05) is 31.2 Å². The van der Waals surface area contributed by atoms with Gasteiger partial charge in [0.25, 0.3) is 0 Å². The van der Waals surface area contributed by atoms with Gasteiger partial charge in [0.2, 0.25) is 0 Å². The Kier molecular flexibility index (Phi) is 6.73. The van der Waals surface area contributed by atoms with Crippen LogP contribution in [0.25, 0.3) is 0 Å². The van der Waals surface area contributed by atoms with Gasteiger partial charge in [-0.05, 0) is 31.2 Å². The monoisotopic (exact) mass is 285 g/mol. The van der Waals surface area contributed by atoms with Crippen LogP contribution in [0.2, 0.25) is 0 Å². The summed E-state index contributed by atoms with van der Waals surface area (Å²) in [6.45, 7) is 4.77. The second kappa shape index (κ2) is 8.57. The van der Waals surface area contributed by atoms with Crippen LogP contribution in [0.15, 0.2) is 24.3 Å². The molecule has 6 heteroatoms. The number of hydrogen-bond acceptors (Lipinski definition) is 4. The predicted molar refractivity (Wildman–Crippen MR) is 80.4 cm³/mol. The summed E-state index contributed by atoms with van der Waals surface area (Å²) < 4.78 is 0. The number of nitrogens with zero attached hydrogens (tertiary/aromatic N) is 3. The molecule has 1 atom stereocenters. The molecule has 110 valence electrons. The van der Waals surface area contributed by atoms with Gasteiger partial charge in [0.1, 0.15) is 13.1 Å². The molecule has 2 N–H and O–H groups in total. The Morgan fingerprint density at radius 2 is 1.81 bits per heavy atom. The fraction of sp³-hybridized carbons (Fsp3) is 0.400. The number of nitriles is 2. The van der Waals surface area contributed by atoms with E-state index in [0.717, 1.165) is 17.0 Å². The van der Waals surface area contributed by atoms with E-state index in [9.17, 15) is 4.79 Å². The highest BCUT2D eigenvalue weighted by molar-refractivity contribution is 5.89. The third kappa shape index (κ3) is 5.13. The van der Waals surface area contributed by atoms with Gasteiger partial charge in [0.05, 0.1) is 12.1 Å². The zero-order valence-corrected chi connectivity index (χ0v) is 12.3. The van der Waals surface area contributed by atoms with Crippen LogP contribution in [-0.2, 0) is 0 Å². The molecule has 2 amide bonds. The first-order valence-corrected chi connectivity index (χ1v) is 6.75. The fourth-order valence-corrected chi connectivity index (χ4v) is 1.85. The number of anilines is 1. The Morgan fingerprint density at radius 1 is 1.24 bits per heavy atom. The molecule has 1 aromatic carbocycles. The molecule has 0 aliphatic rings. The van der Waals surface area contributed by atoms with Crippen molar-refractivity contribution in [1.82, 2.24) is 10.2 Å². The summed E-state index contributed by atoms with van der Waals surface area (Å²) in [5.41, 5.74) is 1.76. The number of urea groups is 1. The molecule has 0 fully saturated rings. The molecule has 21 heavy (non-hydrogen) atoms. The van der Waals surface area contributed by atoms with Gasteiger partial charge < -0.3 is 10.6 Å². The average Bonchev–Trinajstić information content (AvgIpc) is 2.48. The minimum atomic E-state index is -0.453. The van der Waals surface area contributed by atoms with Crippen LogP contribution in [0, 0.1) is 22.7 Å². The standard InChI is InChI=1S/C15H19N5O/c1-3-18-12(2)13-4-6-14(7-5-13)19-15(21)20(10-8-16)11-9-17/h4-7,12,18H,3,10-11H2,1-2H3,(H,19,21). The zero-order valence-electron chi connectivity index (χ0n) is 12.3. The number of carbonyl (C=O) groups excluding carboxylic acids is 1. The Morgan fingerprint density at radius 3 is 2.29 bits per heavy atom. The van der Waals surface area contributed by atoms with E-state index in [2.05, 4.69) is 17.6 Å². The largest absolute Gasteiger partial charge is 0.323 e. The molecule has 6 nitrogen and oxygen atoms in total. The summed E-state index contributed by atoms with van der Waals surface area (Å²) in [5, 5.41) is 23.3. The highest BCUT2D eigenvalue weighted by atomic mass is 16.2. The van der Waals surface area contributed by atoms with Crippen LogP contribution in [0.4, 0.5) is 10.5 Å². The smallest absolute Gasteiger partial charge is 0.310 e. The van der Waals surface area contributed by atoms with E-state index in [1.165, 1.54) is 0 Å². The molecule has 0 spiro atoms. The van der Waals surface area contributed by atoms with E-state index < -0.39 is 6.03 Å². The Balaban J connectivity index is 2.69. The van der Waals surface area contributed by atoms with Crippen molar-refractivity contribution in [1.29, 1.82) is 10.5 Å². The molecule has 0 saturated heterocycles. The van der Waals surface area contributed by atoms with Gasteiger partial charge in [0.15, 0.2) is 0 Å². The highest BCUT2D eigenvalue weighted by Gasteiger charge is 2.12. The lowest BCUT2D eigenvalue weighted by Gasteiger charge is -2.17. The Bertz CT molecular complexity index is 525. The first-order valence-electron chi connectivity index (χ1n) is 6.75. The summed E-state index contributed by atoms with van der Waals surface area (Å²) in [6, 6.07) is 11.0. The van der Waals surface area contributed by atoms with Crippen LogP contribution >= 0.6 is 0 Å². The predicted octanol–water partition coefficient (Wildman–Crippen LogP) is 2.24. The van der Waals surface area contributed by atoms with E-state index in [-0.39, 0.29) is 19.1 Å². The normalized spacial score (nSPS) is 11.0. The zero-order chi connectivity index (χ0) is 15.7. The SMILES string of the molecule is CCNC(C)c1ccc(NC(=O)N(CC#N)CC#N)cc1. The van der Waals surface area contributed by atoms with Crippen LogP contribution in [-0.4, -0.2) is 30.6 Å². The molecule has 0 aliphatic heterocycles. The number of nitrogens with one attached hydrogen (secondary N) is 2. The number of rotatable bonds is 6. The minimum absolute atomic E-state index is 0.116. The van der Waals surface area contributed by atoms with Gasteiger partial charge in [-0.2, -0.15) is 10.5 Å². The van der Waals surface area contributed by atoms with Crippen molar-refractivity contribution in [2.45, 2.75) is 19.9 Å². The van der Waals surface area contributed by atoms with Crippen molar-refractivity contribution in [2.75, 3.05) is 25.0 Å². The average molecular weight is 285 g/mol. The van der Waals surface area contributed by atoms with Crippen molar-refractivity contribution in [3.63, 3.8) is 0 Å². The number of amides is 2. The molecule has 0 aromatic heterocycles. The third-order valence-corrected chi connectivity index (χ3v) is 2.98.